The number of Topliss-reactive ketones (excluding diaryl/α,β-unsaturated/α-hetero) is 1. The quantitative estimate of drug-likeness (QED) is 0.749. The minimum absolute atomic E-state index is 0.0535. The van der Waals surface area contributed by atoms with Crippen LogP contribution in [-0.2, 0) is 9.59 Å². The molecule has 2 aliphatic rings. The number of hydrogen-bond acceptors (Lipinski definition) is 4. The number of likely N-dealkylation sites (tertiary alicyclic amines) is 2. The minimum atomic E-state index is -4.97. The van der Waals surface area contributed by atoms with Gasteiger partial charge in [-0.2, -0.15) is 13.2 Å². The topological polar surface area (TPSA) is 57.7 Å². The van der Waals surface area contributed by atoms with Gasteiger partial charge in [0.2, 0.25) is 5.91 Å². The molecule has 0 saturated carbocycles. The zero-order valence-electron chi connectivity index (χ0n) is 14.0. The summed E-state index contributed by atoms with van der Waals surface area (Å²) in [5, 5.41) is 1.83. The van der Waals surface area contributed by atoms with E-state index in [9.17, 15) is 27.6 Å². The fourth-order valence-electron chi connectivity index (χ4n) is 3.62. The standard InChI is InChI=1S/C17H19F3N2O3S/c18-17(19,20)16(25)22-7-1-3-12(22)15(24)21-8-5-11(6-9-21)14(23)13-4-2-10-26-13/h2,4,10-12H,1,3,5-9H2. The van der Waals surface area contributed by atoms with E-state index in [2.05, 4.69) is 0 Å². The van der Waals surface area contributed by atoms with Crippen molar-refractivity contribution in [3.63, 3.8) is 0 Å². The number of piperidine rings is 1. The van der Waals surface area contributed by atoms with Gasteiger partial charge in [0, 0.05) is 25.6 Å². The molecule has 0 N–H and O–H groups in total. The Bertz CT molecular complexity index is 682. The number of halogens is 3. The van der Waals surface area contributed by atoms with Gasteiger partial charge in [-0.25, -0.2) is 0 Å². The number of thiophene rings is 1. The van der Waals surface area contributed by atoms with Gasteiger partial charge in [-0.15, -0.1) is 11.3 Å². The van der Waals surface area contributed by atoms with Crippen LogP contribution in [0.1, 0.15) is 35.4 Å². The molecule has 1 unspecified atom stereocenters. The summed E-state index contributed by atoms with van der Waals surface area (Å²) in [6.45, 7) is 0.596. The molecule has 1 aromatic heterocycles. The predicted octanol–water partition coefficient (Wildman–Crippen LogP) is 2.72. The number of alkyl halides is 3. The second-order valence-corrected chi connectivity index (χ2v) is 7.54. The van der Waals surface area contributed by atoms with Crippen LogP contribution in [0, 0.1) is 5.92 Å². The van der Waals surface area contributed by atoms with E-state index in [0.29, 0.717) is 42.1 Å². The molecular formula is C17H19F3N2O3S. The number of rotatable bonds is 3. The van der Waals surface area contributed by atoms with Crippen molar-refractivity contribution in [2.75, 3.05) is 19.6 Å². The van der Waals surface area contributed by atoms with Gasteiger partial charge in [0.15, 0.2) is 5.78 Å². The first-order valence-corrected chi connectivity index (χ1v) is 9.41. The van der Waals surface area contributed by atoms with Crippen molar-refractivity contribution < 1.29 is 27.6 Å². The van der Waals surface area contributed by atoms with E-state index in [1.807, 2.05) is 11.4 Å². The lowest BCUT2D eigenvalue weighted by atomic mass is 9.91. The van der Waals surface area contributed by atoms with Crippen LogP contribution >= 0.6 is 11.3 Å². The molecule has 0 aliphatic carbocycles. The zero-order chi connectivity index (χ0) is 18.9. The largest absolute Gasteiger partial charge is 0.471 e. The first kappa shape index (κ1) is 18.9. The van der Waals surface area contributed by atoms with E-state index in [1.165, 1.54) is 16.2 Å². The molecule has 5 nitrogen and oxygen atoms in total. The van der Waals surface area contributed by atoms with E-state index >= 15 is 0 Å². The second-order valence-electron chi connectivity index (χ2n) is 6.60. The Labute approximate surface area is 152 Å². The Hall–Kier alpha value is -1.90. The molecule has 9 heteroatoms. The van der Waals surface area contributed by atoms with E-state index in [1.54, 1.807) is 6.07 Å². The smallest absolute Gasteiger partial charge is 0.341 e. The normalized spacial score (nSPS) is 21.9. The van der Waals surface area contributed by atoms with E-state index in [-0.39, 0.29) is 24.7 Å². The molecule has 1 atom stereocenters. The van der Waals surface area contributed by atoms with Crippen LogP contribution in [0.3, 0.4) is 0 Å². The lowest BCUT2D eigenvalue weighted by Crippen LogP contribution is -2.52. The Morgan fingerprint density at radius 3 is 2.35 bits per heavy atom. The van der Waals surface area contributed by atoms with Crippen LogP contribution in [0.5, 0.6) is 0 Å². The molecule has 142 valence electrons. The second kappa shape index (κ2) is 7.38. The number of ketones is 1. The van der Waals surface area contributed by atoms with Crippen LogP contribution in [0.15, 0.2) is 17.5 Å². The third-order valence-corrected chi connectivity index (χ3v) is 5.87. The van der Waals surface area contributed by atoms with Gasteiger partial charge in [0.05, 0.1) is 4.88 Å². The lowest BCUT2D eigenvalue weighted by molar-refractivity contribution is -0.187. The van der Waals surface area contributed by atoms with Crippen molar-refractivity contribution in [2.45, 2.75) is 37.9 Å². The number of hydrogen-bond donors (Lipinski definition) is 0. The summed E-state index contributed by atoms with van der Waals surface area (Å²) < 4.78 is 38.1. The minimum Gasteiger partial charge on any atom is -0.341 e. The molecule has 0 aromatic carbocycles. The van der Waals surface area contributed by atoms with Crippen molar-refractivity contribution in [3.8, 4) is 0 Å². The van der Waals surface area contributed by atoms with Crippen LogP contribution < -0.4 is 0 Å². The summed E-state index contributed by atoms with van der Waals surface area (Å²) in [5.74, 6) is -2.51. The van der Waals surface area contributed by atoms with Gasteiger partial charge in [0.1, 0.15) is 6.04 Å². The Morgan fingerprint density at radius 1 is 1.08 bits per heavy atom. The third kappa shape index (κ3) is 3.77. The average molecular weight is 388 g/mol. The maximum Gasteiger partial charge on any atom is 0.471 e. The number of nitrogens with zero attached hydrogens (tertiary/aromatic N) is 2. The van der Waals surface area contributed by atoms with E-state index in [0.717, 1.165) is 0 Å². The number of carbonyl (C=O) groups excluding carboxylic acids is 3. The van der Waals surface area contributed by atoms with E-state index < -0.39 is 24.0 Å². The van der Waals surface area contributed by atoms with Gasteiger partial charge in [-0.05, 0) is 37.1 Å². The van der Waals surface area contributed by atoms with Crippen molar-refractivity contribution >= 4 is 28.9 Å². The average Bonchev–Trinajstić information content (AvgIpc) is 3.30. The molecule has 2 saturated heterocycles. The van der Waals surface area contributed by atoms with Crippen LogP contribution in [0.4, 0.5) is 13.2 Å². The monoisotopic (exact) mass is 388 g/mol. The fraction of sp³-hybridized carbons (Fsp3) is 0.588. The summed E-state index contributed by atoms with van der Waals surface area (Å²) >= 11 is 1.38. The van der Waals surface area contributed by atoms with Crippen LogP contribution in [0.2, 0.25) is 0 Å². The van der Waals surface area contributed by atoms with Gasteiger partial charge in [0.25, 0.3) is 0 Å². The summed E-state index contributed by atoms with van der Waals surface area (Å²) in [6, 6.07) is 2.53. The summed E-state index contributed by atoms with van der Waals surface area (Å²) in [4.78, 5) is 39.4. The maximum absolute atomic E-state index is 12.7. The maximum atomic E-state index is 12.7. The lowest BCUT2D eigenvalue weighted by Gasteiger charge is -2.35. The van der Waals surface area contributed by atoms with Gasteiger partial charge >= 0.3 is 12.1 Å². The first-order chi connectivity index (χ1) is 12.3. The highest BCUT2D eigenvalue weighted by Gasteiger charge is 2.48. The molecular weight excluding hydrogens is 369 g/mol. The summed E-state index contributed by atoms with van der Waals surface area (Å²) in [5.41, 5.74) is 0. The molecule has 26 heavy (non-hydrogen) atoms. The van der Waals surface area contributed by atoms with Gasteiger partial charge < -0.3 is 9.80 Å². The van der Waals surface area contributed by atoms with Crippen molar-refractivity contribution in [1.29, 1.82) is 0 Å². The van der Waals surface area contributed by atoms with Crippen LogP contribution in [-0.4, -0.2) is 59.2 Å². The van der Waals surface area contributed by atoms with Gasteiger partial charge in [-0.3, -0.25) is 14.4 Å². The Kier molecular flexibility index (Phi) is 5.36. The fourth-order valence-corrected chi connectivity index (χ4v) is 4.37. The molecule has 0 bridgehead atoms. The molecule has 2 amide bonds. The van der Waals surface area contributed by atoms with E-state index in [4.69, 9.17) is 0 Å². The summed E-state index contributed by atoms with van der Waals surface area (Å²) in [6.07, 6.45) is -3.37. The summed E-state index contributed by atoms with van der Waals surface area (Å²) in [7, 11) is 0. The molecule has 3 heterocycles. The highest BCUT2D eigenvalue weighted by Crippen LogP contribution is 2.29. The molecule has 0 spiro atoms. The van der Waals surface area contributed by atoms with Gasteiger partial charge in [-0.1, -0.05) is 6.07 Å². The van der Waals surface area contributed by atoms with Crippen molar-refractivity contribution in [2.24, 2.45) is 5.92 Å². The molecule has 0 radical (unpaired) electrons. The highest BCUT2D eigenvalue weighted by atomic mass is 32.1. The SMILES string of the molecule is O=C(c1cccs1)C1CCN(C(=O)C2CCCN2C(=O)C(F)(F)F)CC1. The van der Waals surface area contributed by atoms with Crippen molar-refractivity contribution in [3.05, 3.63) is 22.4 Å². The zero-order valence-corrected chi connectivity index (χ0v) is 14.8. The molecule has 3 rings (SSSR count). The Morgan fingerprint density at radius 2 is 1.77 bits per heavy atom. The molecule has 2 aliphatic heterocycles. The number of carbonyl (C=O) groups is 3. The Balaban J connectivity index is 1.59. The first-order valence-electron chi connectivity index (χ1n) is 8.53. The van der Waals surface area contributed by atoms with Crippen molar-refractivity contribution in [1.82, 2.24) is 9.80 Å². The highest BCUT2D eigenvalue weighted by molar-refractivity contribution is 7.12. The van der Waals surface area contributed by atoms with Crippen LogP contribution in [0.25, 0.3) is 0 Å². The molecule has 2 fully saturated rings. The predicted molar refractivity (Wildman–Crippen MR) is 88.7 cm³/mol. The number of amides is 2. The molecule has 1 aromatic rings. The third-order valence-electron chi connectivity index (χ3n) is 4.98.